The van der Waals surface area contributed by atoms with Crippen LogP contribution in [0.4, 0.5) is 4.39 Å². The van der Waals surface area contributed by atoms with Crippen molar-refractivity contribution in [3.8, 4) is 5.75 Å². The first kappa shape index (κ1) is 11.4. The highest BCUT2D eigenvalue weighted by atomic mass is 19.1. The van der Waals surface area contributed by atoms with E-state index in [2.05, 4.69) is 12.2 Å². The minimum absolute atomic E-state index is 0.0219. The van der Waals surface area contributed by atoms with Crippen molar-refractivity contribution in [2.45, 2.75) is 38.8 Å². The van der Waals surface area contributed by atoms with E-state index in [0.29, 0.717) is 11.6 Å². The SMILES string of the molecule is CC(NC(C)C1CC1)c1cc(F)ccc1O. The highest BCUT2D eigenvalue weighted by Gasteiger charge is 2.29. The molecule has 0 radical (unpaired) electrons. The molecule has 1 aliphatic rings. The van der Waals surface area contributed by atoms with E-state index in [-0.39, 0.29) is 17.6 Å². The summed E-state index contributed by atoms with van der Waals surface area (Å²) in [5.74, 6) is 0.600. The third-order valence-electron chi connectivity index (χ3n) is 3.30. The number of aromatic hydroxyl groups is 1. The van der Waals surface area contributed by atoms with Gasteiger partial charge in [0.1, 0.15) is 11.6 Å². The molecular formula is C13H18FNO. The van der Waals surface area contributed by atoms with Gasteiger partial charge in [0.05, 0.1) is 0 Å². The summed E-state index contributed by atoms with van der Waals surface area (Å²) in [6, 6.07) is 4.48. The van der Waals surface area contributed by atoms with Gasteiger partial charge in [-0.25, -0.2) is 4.39 Å². The second-order valence-electron chi connectivity index (χ2n) is 4.72. The zero-order valence-corrected chi connectivity index (χ0v) is 9.70. The van der Waals surface area contributed by atoms with Crippen LogP contribution in [0.25, 0.3) is 0 Å². The largest absolute Gasteiger partial charge is 0.508 e. The van der Waals surface area contributed by atoms with Crippen molar-refractivity contribution in [1.29, 1.82) is 0 Å². The molecule has 2 N–H and O–H groups in total. The third kappa shape index (κ3) is 2.53. The van der Waals surface area contributed by atoms with Gasteiger partial charge in [-0.1, -0.05) is 0 Å². The maximum atomic E-state index is 13.1. The monoisotopic (exact) mass is 223 g/mol. The molecule has 0 heterocycles. The predicted molar refractivity (Wildman–Crippen MR) is 61.8 cm³/mol. The van der Waals surface area contributed by atoms with Crippen LogP contribution in [0.3, 0.4) is 0 Å². The van der Waals surface area contributed by atoms with Gasteiger partial charge in [0.15, 0.2) is 0 Å². The molecule has 2 nitrogen and oxygen atoms in total. The molecule has 0 aliphatic heterocycles. The van der Waals surface area contributed by atoms with E-state index in [0.717, 1.165) is 5.92 Å². The fourth-order valence-corrected chi connectivity index (χ4v) is 2.09. The van der Waals surface area contributed by atoms with Crippen molar-refractivity contribution < 1.29 is 9.50 Å². The van der Waals surface area contributed by atoms with Gasteiger partial charge in [0.2, 0.25) is 0 Å². The van der Waals surface area contributed by atoms with E-state index in [1.54, 1.807) is 0 Å². The van der Waals surface area contributed by atoms with E-state index in [4.69, 9.17) is 0 Å². The summed E-state index contributed by atoms with van der Waals surface area (Å²) in [5.41, 5.74) is 0.632. The van der Waals surface area contributed by atoms with Crippen molar-refractivity contribution in [3.63, 3.8) is 0 Å². The summed E-state index contributed by atoms with van der Waals surface area (Å²) in [7, 11) is 0. The molecule has 1 fully saturated rings. The second kappa shape index (κ2) is 4.42. The first-order chi connectivity index (χ1) is 7.58. The Labute approximate surface area is 95.5 Å². The van der Waals surface area contributed by atoms with Crippen LogP contribution in [0, 0.1) is 11.7 Å². The highest BCUT2D eigenvalue weighted by molar-refractivity contribution is 5.34. The Kier molecular flexibility index (Phi) is 3.15. The van der Waals surface area contributed by atoms with Crippen LogP contribution in [0.1, 0.15) is 38.3 Å². The molecule has 1 aromatic carbocycles. The van der Waals surface area contributed by atoms with Gasteiger partial charge in [-0.05, 0) is 50.8 Å². The zero-order valence-electron chi connectivity index (χ0n) is 9.70. The molecule has 1 aromatic rings. The molecule has 1 saturated carbocycles. The molecule has 2 unspecified atom stereocenters. The Bertz CT molecular complexity index is 376. The van der Waals surface area contributed by atoms with E-state index >= 15 is 0 Å². The number of nitrogens with one attached hydrogen (secondary N) is 1. The lowest BCUT2D eigenvalue weighted by molar-refractivity contribution is 0.414. The van der Waals surface area contributed by atoms with Crippen molar-refractivity contribution in [2.75, 3.05) is 0 Å². The Morgan fingerprint density at radius 3 is 2.69 bits per heavy atom. The third-order valence-corrected chi connectivity index (χ3v) is 3.30. The quantitative estimate of drug-likeness (QED) is 0.822. The molecule has 0 spiro atoms. The standard InChI is InChI=1S/C13H18FNO/c1-8(10-3-4-10)15-9(2)12-7-11(14)5-6-13(12)16/h5-10,15-16H,3-4H2,1-2H3. The van der Waals surface area contributed by atoms with Gasteiger partial charge in [-0.15, -0.1) is 0 Å². The van der Waals surface area contributed by atoms with Crippen LogP contribution >= 0.6 is 0 Å². The smallest absolute Gasteiger partial charge is 0.123 e. The van der Waals surface area contributed by atoms with Gasteiger partial charge < -0.3 is 10.4 Å². The van der Waals surface area contributed by atoms with Crippen LogP contribution in [0.15, 0.2) is 18.2 Å². The fraction of sp³-hybridized carbons (Fsp3) is 0.538. The van der Waals surface area contributed by atoms with Crippen molar-refractivity contribution in [1.82, 2.24) is 5.32 Å². The number of rotatable bonds is 4. The molecule has 2 rings (SSSR count). The van der Waals surface area contributed by atoms with Crippen LogP contribution in [0.2, 0.25) is 0 Å². The van der Waals surface area contributed by atoms with Crippen molar-refractivity contribution >= 4 is 0 Å². The molecule has 88 valence electrons. The van der Waals surface area contributed by atoms with Gasteiger partial charge in [-0.3, -0.25) is 0 Å². The number of hydrogen-bond acceptors (Lipinski definition) is 2. The van der Waals surface area contributed by atoms with Crippen LogP contribution in [0.5, 0.6) is 5.75 Å². The summed E-state index contributed by atoms with van der Waals surface area (Å²) in [6.07, 6.45) is 2.55. The molecule has 2 atom stereocenters. The fourth-order valence-electron chi connectivity index (χ4n) is 2.09. The summed E-state index contributed by atoms with van der Waals surface area (Å²) in [6.45, 7) is 4.10. The normalized spacial score (nSPS) is 19.4. The predicted octanol–water partition coefficient (Wildman–Crippen LogP) is 2.98. The lowest BCUT2D eigenvalue weighted by Gasteiger charge is -2.20. The number of phenols is 1. The minimum Gasteiger partial charge on any atom is -0.508 e. The molecule has 3 heteroatoms. The molecule has 0 bridgehead atoms. The molecule has 0 saturated heterocycles. The molecule has 0 aromatic heterocycles. The first-order valence-electron chi connectivity index (χ1n) is 5.82. The molecular weight excluding hydrogens is 205 g/mol. The van der Waals surface area contributed by atoms with E-state index in [1.165, 1.54) is 31.0 Å². The minimum atomic E-state index is -0.305. The summed E-state index contributed by atoms with van der Waals surface area (Å²) in [5, 5.41) is 13.1. The topological polar surface area (TPSA) is 32.3 Å². The lowest BCUT2D eigenvalue weighted by atomic mass is 10.1. The maximum absolute atomic E-state index is 13.1. The Morgan fingerprint density at radius 1 is 1.38 bits per heavy atom. The highest BCUT2D eigenvalue weighted by Crippen LogP contribution is 2.34. The first-order valence-corrected chi connectivity index (χ1v) is 5.82. The average molecular weight is 223 g/mol. The van der Waals surface area contributed by atoms with Gasteiger partial charge >= 0.3 is 0 Å². The second-order valence-corrected chi connectivity index (χ2v) is 4.72. The summed E-state index contributed by atoms with van der Waals surface area (Å²) < 4.78 is 13.1. The maximum Gasteiger partial charge on any atom is 0.123 e. The Balaban J connectivity index is 2.06. The number of halogens is 1. The van der Waals surface area contributed by atoms with Gasteiger partial charge in [0.25, 0.3) is 0 Å². The van der Waals surface area contributed by atoms with Gasteiger partial charge in [0, 0.05) is 17.6 Å². The van der Waals surface area contributed by atoms with Crippen molar-refractivity contribution in [3.05, 3.63) is 29.6 Å². The lowest BCUT2D eigenvalue weighted by Crippen LogP contribution is -2.30. The van der Waals surface area contributed by atoms with Crippen molar-refractivity contribution in [2.24, 2.45) is 5.92 Å². The molecule has 1 aliphatic carbocycles. The zero-order chi connectivity index (χ0) is 11.7. The van der Waals surface area contributed by atoms with Gasteiger partial charge in [-0.2, -0.15) is 0 Å². The Morgan fingerprint density at radius 2 is 2.06 bits per heavy atom. The molecule has 0 amide bonds. The summed E-state index contributed by atoms with van der Waals surface area (Å²) >= 11 is 0. The average Bonchev–Trinajstić information content (AvgIpc) is 3.04. The van der Waals surface area contributed by atoms with Crippen LogP contribution in [-0.2, 0) is 0 Å². The Hall–Kier alpha value is -1.09. The number of benzene rings is 1. The van der Waals surface area contributed by atoms with E-state index in [9.17, 15) is 9.50 Å². The van der Waals surface area contributed by atoms with Crippen LogP contribution < -0.4 is 5.32 Å². The number of hydrogen-bond donors (Lipinski definition) is 2. The molecule has 16 heavy (non-hydrogen) atoms. The van der Waals surface area contributed by atoms with E-state index < -0.39 is 0 Å². The number of phenolic OH excluding ortho intramolecular Hbond substituents is 1. The van der Waals surface area contributed by atoms with Crippen LogP contribution in [-0.4, -0.2) is 11.1 Å². The van der Waals surface area contributed by atoms with E-state index in [1.807, 2.05) is 6.92 Å². The summed E-state index contributed by atoms with van der Waals surface area (Å²) in [4.78, 5) is 0.